The quantitative estimate of drug-likeness (QED) is 0.188. The second kappa shape index (κ2) is 14.7. The molecule has 0 aliphatic rings. The summed E-state index contributed by atoms with van der Waals surface area (Å²) in [5.41, 5.74) is 0.0304. The molecule has 1 unspecified atom stereocenters. The summed E-state index contributed by atoms with van der Waals surface area (Å²) in [4.78, 5) is 29.4. The number of amides is 2. The standard InChI is InChI=1S/C28H37N5O9S2/c1-28(2,3)42-27(35)33-44(38,39)30-17-7-6-12-22(26(34)31-21-13-8-10-19-11-9-16-29-25(19)21)32-43(36,37)20-14-15-23(40-4)24(18-20)41-5/h8-11,13-16,18,22,30,32H,6-7,12,17H2,1-5H3,(H,31,34)(H,33,35). The number of anilines is 1. The number of methoxy groups -OCH3 is 2. The monoisotopic (exact) mass is 651 g/mol. The van der Waals surface area contributed by atoms with Gasteiger partial charge in [-0.05, 0) is 57.9 Å². The summed E-state index contributed by atoms with van der Waals surface area (Å²) in [6.07, 6.45) is 0.905. The molecular weight excluding hydrogens is 614 g/mol. The fourth-order valence-electron chi connectivity index (χ4n) is 4.03. The first-order chi connectivity index (χ1) is 20.6. The molecule has 3 rings (SSSR count). The zero-order chi connectivity index (χ0) is 32.5. The maximum Gasteiger partial charge on any atom is 0.422 e. The topological polar surface area (TPSA) is 191 Å². The van der Waals surface area contributed by atoms with Crippen molar-refractivity contribution < 1.29 is 40.6 Å². The first-order valence-corrected chi connectivity index (χ1v) is 16.5. The lowest BCUT2D eigenvalue weighted by Crippen LogP contribution is -2.44. The van der Waals surface area contributed by atoms with Gasteiger partial charge in [0, 0.05) is 24.2 Å². The zero-order valence-corrected chi connectivity index (χ0v) is 26.7. The van der Waals surface area contributed by atoms with Crippen LogP contribution in [0.15, 0.2) is 59.6 Å². The van der Waals surface area contributed by atoms with Gasteiger partial charge in [0.15, 0.2) is 11.5 Å². The Morgan fingerprint density at radius 3 is 2.32 bits per heavy atom. The summed E-state index contributed by atoms with van der Waals surface area (Å²) in [7, 11) is -5.64. The van der Waals surface area contributed by atoms with Crippen molar-refractivity contribution in [3.63, 3.8) is 0 Å². The number of carbonyl (C=O) groups excluding carboxylic acids is 2. The predicted octanol–water partition coefficient (Wildman–Crippen LogP) is 3.07. The Hall–Kier alpha value is -3.99. The van der Waals surface area contributed by atoms with Crippen LogP contribution in [-0.2, 0) is 29.8 Å². The molecule has 1 heterocycles. The molecule has 0 bridgehead atoms. The minimum absolute atomic E-state index is 0.0117. The lowest BCUT2D eigenvalue weighted by atomic mass is 10.1. The number of aromatic nitrogens is 1. The number of rotatable bonds is 14. The fraction of sp³-hybridized carbons (Fsp3) is 0.393. The van der Waals surface area contributed by atoms with Crippen LogP contribution < -0.4 is 29.0 Å². The van der Waals surface area contributed by atoms with E-state index in [-0.39, 0.29) is 36.5 Å². The van der Waals surface area contributed by atoms with E-state index in [0.29, 0.717) is 17.0 Å². The highest BCUT2D eigenvalue weighted by atomic mass is 32.2. The number of carbonyl (C=O) groups is 2. The normalized spacial score (nSPS) is 12.8. The van der Waals surface area contributed by atoms with Crippen LogP contribution in [0, 0.1) is 0 Å². The molecule has 16 heteroatoms. The van der Waals surface area contributed by atoms with E-state index in [1.807, 2.05) is 12.1 Å². The van der Waals surface area contributed by atoms with Gasteiger partial charge in [-0.3, -0.25) is 9.78 Å². The van der Waals surface area contributed by atoms with Crippen LogP contribution in [0.5, 0.6) is 11.5 Å². The lowest BCUT2D eigenvalue weighted by molar-refractivity contribution is -0.117. The molecule has 2 amide bonds. The number of fused-ring (bicyclic) bond motifs is 1. The number of ether oxygens (including phenoxy) is 3. The number of pyridine rings is 1. The third-order valence-electron chi connectivity index (χ3n) is 6.00. The Morgan fingerprint density at radius 2 is 1.64 bits per heavy atom. The van der Waals surface area contributed by atoms with Gasteiger partial charge in [-0.25, -0.2) is 17.9 Å². The fourth-order valence-corrected chi connectivity index (χ4v) is 6.02. The molecule has 0 fully saturated rings. The van der Waals surface area contributed by atoms with E-state index < -0.39 is 43.9 Å². The van der Waals surface area contributed by atoms with Gasteiger partial charge in [0.05, 0.1) is 30.3 Å². The smallest absolute Gasteiger partial charge is 0.422 e. The average Bonchev–Trinajstić information content (AvgIpc) is 2.94. The molecule has 2 aromatic carbocycles. The largest absolute Gasteiger partial charge is 0.493 e. The van der Waals surface area contributed by atoms with E-state index in [4.69, 9.17) is 14.2 Å². The molecule has 0 spiro atoms. The molecule has 44 heavy (non-hydrogen) atoms. The summed E-state index contributed by atoms with van der Waals surface area (Å²) in [6, 6.07) is 11.6. The molecule has 1 aromatic heterocycles. The van der Waals surface area contributed by atoms with Gasteiger partial charge in [0.1, 0.15) is 11.6 Å². The first kappa shape index (κ1) is 34.5. The van der Waals surface area contributed by atoms with Gasteiger partial charge in [0.2, 0.25) is 15.9 Å². The van der Waals surface area contributed by atoms with Crippen molar-refractivity contribution in [2.45, 2.75) is 56.6 Å². The Labute approximate surface area is 257 Å². The number of unbranched alkanes of at least 4 members (excludes halogenated alkanes) is 1. The highest BCUT2D eigenvalue weighted by Crippen LogP contribution is 2.29. The van der Waals surface area contributed by atoms with Gasteiger partial charge >= 0.3 is 16.3 Å². The number of sulfonamides is 1. The SMILES string of the molecule is COc1ccc(S(=O)(=O)NC(CCCCNS(=O)(=O)NC(=O)OC(C)(C)C)C(=O)Nc2cccc3cccnc23)cc1OC. The summed E-state index contributed by atoms with van der Waals surface area (Å²) in [6.45, 7) is 4.68. The second-order valence-electron chi connectivity index (χ2n) is 10.6. The predicted molar refractivity (Wildman–Crippen MR) is 164 cm³/mol. The molecule has 0 radical (unpaired) electrons. The van der Waals surface area contributed by atoms with E-state index in [9.17, 15) is 26.4 Å². The second-order valence-corrected chi connectivity index (χ2v) is 13.8. The van der Waals surface area contributed by atoms with Crippen molar-refractivity contribution in [2.24, 2.45) is 0 Å². The van der Waals surface area contributed by atoms with E-state index >= 15 is 0 Å². The number of hydrogen-bond donors (Lipinski definition) is 4. The van der Waals surface area contributed by atoms with Crippen LogP contribution in [-0.4, -0.2) is 66.2 Å². The minimum atomic E-state index is -4.23. The molecule has 0 aliphatic carbocycles. The van der Waals surface area contributed by atoms with Gasteiger partial charge in [0.25, 0.3) is 0 Å². The maximum absolute atomic E-state index is 13.5. The van der Waals surface area contributed by atoms with Crippen LogP contribution in [0.3, 0.4) is 0 Å². The van der Waals surface area contributed by atoms with Gasteiger partial charge in [-0.1, -0.05) is 24.6 Å². The Balaban J connectivity index is 1.73. The number of nitrogens with one attached hydrogen (secondary N) is 4. The van der Waals surface area contributed by atoms with Crippen LogP contribution in [0.4, 0.5) is 10.5 Å². The number of benzene rings is 2. The zero-order valence-electron chi connectivity index (χ0n) is 25.0. The molecule has 4 N–H and O–H groups in total. The molecule has 0 aliphatic heterocycles. The average molecular weight is 652 g/mol. The van der Waals surface area contributed by atoms with Crippen molar-refractivity contribution in [3.8, 4) is 11.5 Å². The third kappa shape index (κ3) is 10.0. The number of para-hydroxylation sites is 1. The van der Waals surface area contributed by atoms with Crippen LogP contribution >= 0.6 is 0 Å². The minimum Gasteiger partial charge on any atom is -0.493 e. The van der Waals surface area contributed by atoms with Crippen LogP contribution in [0.1, 0.15) is 40.0 Å². The highest BCUT2D eigenvalue weighted by molar-refractivity contribution is 7.89. The summed E-state index contributed by atoms with van der Waals surface area (Å²) in [5.74, 6) is -0.127. The molecule has 0 saturated heterocycles. The van der Waals surface area contributed by atoms with Gasteiger partial charge in [-0.15, -0.1) is 0 Å². The maximum atomic E-state index is 13.5. The van der Waals surface area contributed by atoms with E-state index in [1.54, 1.807) is 49.9 Å². The van der Waals surface area contributed by atoms with E-state index in [1.165, 1.54) is 32.4 Å². The van der Waals surface area contributed by atoms with Crippen molar-refractivity contribution in [2.75, 3.05) is 26.1 Å². The van der Waals surface area contributed by atoms with Crippen molar-refractivity contribution in [1.82, 2.24) is 19.2 Å². The molecule has 1 atom stereocenters. The first-order valence-electron chi connectivity index (χ1n) is 13.5. The van der Waals surface area contributed by atoms with Gasteiger partial charge in [-0.2, -0.15) is 17.9 Å². The summed E-state index contributed by atoms with van der Waals surface area (Å²) < 4.78 is 72.9. The molecule has 14 nitrogen and oxygen atoms in total. The molecule has 240 valence electrons. The highest BCUT2D eigenvalue weighted by Gasteiger charge is 2.27. The summed E-state index contributed by atoms with van der Waals surface area (Å²) in [5, 5.41) is 3.54. The summed E-state index contributed by atoms with van der Waals surface area (Å²) >= 11 is 0. The molecule has 0 saturated carbocycles. The van der Waals surface area contributed by atoms with Crippen LogP contribution in [0.25, 0.3) is 10.9 Å². The third-order valence-corrected chi connectivity index (χ3v) is 8.49. The Bertz CT molecular complexity index is 1690. The molecular formula is C28H37N5O9S2. The van der Waals surface area contributed by atoms with Crippen molar-refractivity contribution in [1.29, 1.82) is 0 Å². The lowest BCUT2D eigenvalue weighted by Gasteiger charge is -2.20. The van der Waals surface area contributed by atoms with E-state index in [2.05, 4.69) is 19.7 Å². The Kier molecular flexibility index (Phi) is 11.5. The number of hydrogen-bond acceptors (Lipinski definition) is 10. The van der Waals surface area contributed by atoms with Crippen molar-refractivity contribution in [3.05, 3.63) is 54.7 Å². The Morgan fingerprint density at radius 1 is 0.932 bits per heavy atom. The molecule has 3 aromatic rings. The van der Waals surface area contributed by atoms with Crippen LogP contribution in [0.2, 0.25) is 0 Å². The number of nitrogens with zero attached hydrogens (tertiary/aromatic N) is 1. The van der Waals surface area contributed by atoms with Crippen molar-refractivity contribution >= 4 is 48.8 Å². The van der Waals surface area contributed by atoms with Gasteiger partial charge < -0.3 is 19.5 Å². The van der Waals surface area contributed by atoms with E-state index in [0.717, 1.165) is 5.39 Å².